The molecule has 0 aliphatic rings. The summed E-state index contributed by atoms with van der Waals surface area (Å²) in [4.78, 5) is 2.36. The average Bonchev–Trinajstić information content (AvgIpc) is 3.76. The molecule has 2 heterocycles. The van der Waals surface area contributed by atoms with Crippen molar-refractivity contribution in [3.05, 3.63) is 188 Å². The number of fused-ring (bicyclic) bond motifs is 6. The first-order valence-corrected chi connectivity index (χ1v) is 18.1. The fourth-order valence-electron chi connectivity index (χ4n) is 7.30. The molecule has 0 radical (unpaired) electrons. The molecule has 0 fully saturated rings. The molecular formula is C48H31NOS. The molecule has 0 N–H and O–H groups in total. The second kappa shape index (κ2) is 12.2. The van der Waals surface area contributed by atoms with E-state index < -0.39 is 0 Å². The van der Waals surface area contributed by atoms with E-state index in [1.54, 1.807) is 0 Å². The lowest BCUT2D eigenvalue weighted by molar-refractivity contribution is 0.669. The van der Waals surface area contributed by atoms with Gasteiger partial charge >= 0.3 is 0 Å². The van der Waals surface area contributed by atoms with E-state index in [1.807, 2.05) is 23.5 Å². The van der Waals surface area contributed by atoms with E-state index in [2.05, 4.69) is 181 Å². The van der Waals surface area contributed by atoms with Crippen molar-refractivity contribution < 1.29 is 4.42 Å². The fourth-order valence-corrected chi connectivity index (χ4v) is 8.48. The number of rotatable bonds is 6. The Labute approximate surface area is 300 Å². The van der Waals surface area contributed by atoms with Crippen LogP contribution in [0, 0.1) is 0 Å². The maximum absolute atomic E-state index is 6.21. The average molecular weight is 670 g/mol. The number of nitrogens with zero attached hydrogens (tertiary/aromatic N) is 1. The minimum Gasteiger partial charge on any atom is -0.456 e. The monoisotopic (exact) mass is 669 g/mol. The first-order chi connectivity index (χ1) is 25.2. The van der Waals surface area contributed by atoms with Crippen LogP contribution in [-0.2, 0) is 0 Å². The van der Waals surface area contributed by atoms with Crippen LogP contribution in [0.25, 0.3) is 75.5 Å². The fraction of sp³-hybridized carbons (Fsp3) is 0. The molecule has 0 atom stereocenters. The molecule has 51 heavy (non-hydrogen) atoms. The van der Waals surface area contributed by atoms with Gasteiger partial charge in [-0.3, -0.25) is 0 Å². The van der Waals surface area contributed by atoms with E-state index in [0.29, 0.717) is 0 Å². The summed E-state index contributed by atoms with van der Waals surface area (Å²) in [5.74, 6) is 0. The summed E-state index contributed by atoms with van der Waals surface area (Å²) in [6.07, 6.45) is 0. The van der Waals surface area contributed by atoms with Crippen molar-refractivity contribution in [2.75, 3.05) is 4.90 Å². The third-order valence-corrected chi connectivity index (χ3v) is 11.0. The molecule has 2 nitrogen and oxygen atoms in total. The minimum absolute atomic E-state index is 0.908. The number of benzene rings is 8. The molecule has 10 rings (SSSR count). The topological polar surface area (TPSA) is 16.4 Å². The second-order valence-corrected chi connectivity index (χ2v) is 14.0. The molecule has 0 aliphatic carbocycles. The van der Waals surface area contributed by atoms with E-state index >= 15 is 0 Å². The maximum atomic E-state index is 6.21. The van der Waals surface area contributed by atoms with Crippen LogP contribution in [0.2, 0.25) is 0 Å². The normalized spacial score (nSPS) is 11.5. The van der Waals surface area contributed by atoms with Crippen molar-refractivity contribution in [3.8, 4) is 33.4 Å². The number of furan rings is 1. The highest BCUT2D eigenvalue weighted by molar-refractivity contribution is 7.25. The van der Waals surface area contributed by atoms with Gasteiger partial charge in [0.15, 0.2) is 0 Å². The van der Waals surface area contributed by atoms with Crippen LogP contribution in [0.1, 0.15) is 0 Å². The highest BCUT2D eigenvalue weighted by Gasteiger charge is 2.16. The lowest BCUT2D eigenvalue weighted by atomic mass is 10.0. The summed E-state index contributed by atoms with van der Waals surface area (Å²) in [5.41, 5.74) is 12.3. The van der Waals surface area contributed by atoms with Gasteiger partial charge in [0.05, 0.1) is 0 Å². The zero-order chi connectivity index (χ0) is 33.7. The Kier molecular flexibility index (Phi) is 7.04. The second-order valence-electron chi connectivity index (χ2n) is 13.0. The molecule has 0 saturated heterocycles. The van der Waals surface area contributed by atoms with Gasteiger partial charge in [0.2, 0.25) is 0 Å². The molecule has 0 saturated carbocycles. The Balaban J connectivity index is 1.06. The van der Waals surface area contributed by atoms with Crippen LogP contribution in [0.4, 0.5) is 17.1 Å². The lowest BCUT2D eigenvalue weighted by Gasteiger charge is -2.26. The van der Waals surface area contributed by atoms with Crippen molar-refractivity contribution in [1.29, 1.82) is 0 Å². The van der Waals surface area contributed by atoms with Crippen LogP contribution in [-0.4, -0.2) is 0 Å². The molecule has 0 amide bonds. The van der Waals surface area contributed by atoms with Crippen molar-refractivity contribution >= 4 is 70.5 Å². The largest absolute Gasteiger partial charge is 0.456 e. The zero-order valence-corrected chi connectivity index (χ0v) is 28.5. The maximum Gasteiger partial charge on any atom is 0.136 e. The van der Waals surface area contributed by atoms with Crippen LogP contribution in [0.5, 0.6) is 0 Å². The summed E-state index contributed by atoms with van der Waals surface area (Å²) in [6, 6.07) is 67.5. The van der Waals surface area contributed by atoms with E-state index in [9.17, 15) is 0 Å². The van der Waals surface area contributed by atoms with E-state index in [0.717, 1.165) is 50.1 Å². The number of thiophene rings is 1. The quantitative estimate of drug-likeness (QED) is 0.175. The predicted molar refractivity (Wildman–Crippen MR) is 218 cm³/mol. The Morgan fingerprint density at radius 1 is 0.314 bits per heavy atom. The molecule has 0 unspecified atom stereocenters. The van der Waals surface area contributed by atoms with Crippen LogP contribution in [0.15, 0.2) is 192 Å². The Morgan fingerprint density at radius 3 is 1.45 bits per heavy atom. The van der Waals surface area contributed by atoms with Gasteiger partial charge in [-0.2, -0.15) is 0 Å². The van der Waals surface area contributed by atoms with Crippen LogP contribution < -0.4 is 4.90 Å². The number of para-hydroxylation sites is 1. The first-order valence-electron chi connectivity index (χ1n) is 17.2. The summed E-state index contributed by atoms with van der Waals surface area (Å²) < 4.78 is 8.78. The SMILES string of the molecule is c1ccc(-c2ccc(N(c3ccc(-c4ccc5c(c4)oc4ccccc45)cc3)c3ccc4c(c3)sc3cc(-c5ccccc5)ccc34)cc2)cc1. The Hall–Kier alpha value is -6.42. The van der Waals surface area contributed by atoms with Gasteiger partial charge in [0.1, 0.15) is 11.2 Å². The highest BCUT2D eigenvalue weighted by Crippen LogP contribution is 2.42. The third kappa shape index (κ3) is 5.27. The first kappa shape index (κ1) is 29.5. The molecular weight excluding hydrogens is 639 g/mol. The van der Waals surface area contributed by atoms with Crippen molar-refractivity contribution in [3.63, 3.8) is 0 Å². The summed E-state index contributed by atoms with van der Waals surface area (Å²) in [5, 5.41) is 4.87. The smallest absolute Gasteiger partial charge is 0.136 e. The summed E-state index contributed by atoms with van der Waals surface area (Å²) >= 11 is 1.86. The molecule has 10 aromatic rings. The molecule has 0 bridgehead atoms. The standard InChI is InChI=1S/C48H31NOS/c1-3-9-32(10-4-1)34-15-21-38(22-16-34)49(39-23-17-35(18-24-39)36-19-26-42-41-13-7-8-14-45(41)50-46(42)29-36)40-25-28-44-43-27-20-37(33-11-5-2-6-12-33)30-47(43)51-48(44)31-40/h1-31H. The Bertz CT molecular complexity index is 2830. The molecule has 0 aliphatic heterocycles. The number of anilines is 3. The zero-order valence-electron chi connectivity index (χ0n) is 27.7. The molecule has 8 aromatic carbocycles. The van der Waals surface area contributed by atoms with Crippen molar-refractivity contribution in [2.45, 2.75) is 0 Å². The number of hydrogen-bond donors (Lipinski definition) is 0. The van der Waals surface area contributed by atoms with Gasteiger partial charge in [-0.15, -0.1) is 11.3 Å². The molecule has 3 heteroatoms. The van der Waals surface area contributed by atoms with E-state index in [1.165, 1.54) is 42.4 Å². The molecule has 0 spiro atoms. The molecule has 2 aromatic heterocycles. The predicted octanol–water partition coefficient (Wildman–Crippen LogP) is 14.4. The molecule has 240 valence electrons. The van der Waals surface area contributed by atoms with Gasteiger partial charge in [0.25, 0.3) is 0 Å². The number of hydrogen-bond acceptors (Lipinski definition) is 3. The van der Waals surface area contributed by atoms with Crippen LogP contribution in [0.3, 0.4) is 0 Å². The Morgan fingerprint density at radius 2 is 0.765 bits per heavy atom. The van der Waals surface area contributed by atoms with Gasteiger partial charge in [0, 0.05) is 48.0 Å². The van der Waals surface area contributed by atoms with Crippen molar-refractivity contribution in [2.24, 2.45) is 0 Å². The lowest BCUT2D eigenvalue weighted by Crippen LogP contribution is -2.09. The van der Waals surface area contributed by atoms with Gasteiger partial charge < -0.3 is 9.32 Å². The van der Waals surface area contributed by atoms with E-state index in [4.69, 9.17) is 4.42 Å². The van der Waals surface area contributed by atoms with E-state index in [-0.39, 0.29) is 0 Å². The van der Waals surface area contributed by atoms with Crippen molar-refractivity contribution in [1.82, 2.24) is 0 Å². The van der Waals surface area contributed by atoms with Crippen LogP contribution >= 0.6 is 11.3 Å². The minimum atomic E-state index is 0.908. The van der Waals surface area contributed by atoms with Gasteiger partial charge in [-0.1, -0.05) is 127 Å². The third-order valence-electron chi connectivity index (χ3n) is 9.89. The highest BCUT2D eigenvalue weighted by atomic mass is 32.1. The van der Waals surface area contributed by atoms with Gasteiger partial charge in [-0.05, 0) is 94.0 Å². The summed E-state index contributed by atoms with van der Waals surface area (Å²) in [7, 11) is 0. The van der Waals surface area contributed by atoms with Gasteiger partial charge in [-0.25, -0.2) is 0 Å². The summed E-state index contributed by atoms with van der Waals surface area (Å²) in [6.45, 7) is 0.